The lowest BCUT2D eigenvalue weighted by molar-refractivity contribution is 0.176. The van der Waals surface area contributed by atoms with E-state index in [1.54, 1.807) is 11.3 Å². The summed E-state index contributed by atoms with van der Waals surface area (Å²) < 4.78 is 0. The fourth-order valence-corrected chi connectivity index (χ4v) is 4.25. The number of nitrogens with zero attached hydrogens (tertiary/aromatic N) is 4. The predicted octanol–water partition coefficient (Wildman–Crippen LogP) is 4.44. The van der Waals surface area contributed by atoms with Crippen molar-refractivity contribution in [3.63, 3.8) is 0 Å². The van der Waals surface area contributed by atoms with Gasteiger partial charge >= 0.3 is 0 Å². The fourth-order valence-electron chi connectivity index (χ4n) is 3.58. The van der Waals surface area contributed by atoms with Crippen molar-refractivity contribution < 1.29 is 0 Å². The van der Waals surface area contributed by atoms with Crippen LogP contribution in [0.5, 0.6) is 0 Å². The summed E-state index contributed by atoms with van der Waals surface area (Å²) >= 11 is 1.65. The molecule has 0 spiro atoms. The van der Waals surface area contributed by atoms with Crippen molar-refractivity contribution in [2.75, 3.05) is 18.4 Å². The molecule has 1 saturated heterocycles. The van der Waals surface area contributed by atoms with Gasteiger partial charge < -0.3 is 5.32 Å². The molecule has 3 aromatic rings. The minimum Gasteiger partial charge on any atom is -0.316 e. The first-order chi connectivity index (χ1) is 13.2. The van der Waals surface area contributed by atoms with E-state index < -0.39 is 0 Å². The Balaban J connectivity index is 1.29. The monoisotopic (exact) mass is 379 g/mol. The van der Waals surface area contributed by atoms with Crippen LogP contribution in [0.15, 0.2) is 48.9 Å². The van der Waals surface area contributed by atoms with E-state index in [1.165, 1.54) is 29.0 Å². The van der Waals surface area contributed by atoms with Gasteiger partial charge in [0.2, 0.25) is 0 Å². The summed E-state index contributed by atoms with van der Waals surface area (Å²) in [7, 11) is 0. The molecule has 1 N–H and O–H groups in total. The lowest BCUT2D eigenvalue weighted by Crippen LogP contribution is -2.34. The highest BCUT2D eigenvalue weighted by molar-refractivity contribution is 7.15. The second kappa shape index (κ2) is 8.59. The van der Waals surface area contributed by atoms with E-state index in [4.69, 9.17) is 4.98 Å². The largest absolute Gasteiger partial charge is 0.316 e. The molecule has 0 aromatic carbocycles. The summed E-state index contributed by atoms with van der Waals surface area (Å²) in [6.07, 6.45) is 9.19. The molecule has 0 unspecified atom stereocenters. The molecule has 4 heterocycles. The number of hydrogen-bond acceptors (Lipinski definition) is 6. The van der Waals surface area contributed by atoms with Crippen molar-refractivity contribution in [1.82, 2.24) is 19.9 Å². The van der Waals surface area contributed by atoms with E-state index in [9.17, 15) is 0 Å². The molecule has 0 saturated carbocycles. The second-order valence-electron chi connectivity index (χ2n) is 7.20. The summed E-state index contributed by atoms with van der Waals surface area (Å²) in [5.74, 6) is 1.59. The van der Waals surface area contributed by atoms with Crippen molar-refractivity contribution in [2.24, 2.45) is 5.92 Å². The van der Waals surface area contributed by atoms with Crippen LogP contribution < -0.4 is 5.32 Å². The first-order valence-electron chi connectivity index (χ1n) is 9.51. The molecule has 0 aliphatic carbocycles. The maximum absolute atomic E-state index is 4.79. The molecule has 5 nitrogen and oxygen atoms in total. The minimum atomic E-state index is 0.708. The zero-order chi connectivity index (χ0) is 18.5. The number of piperidine rings is 1. The van der Waals surface area contributed by atoms with Crippen molar-refractivity contribution >= 4 is 22.3 Å². The van der Waals surface area contributed by atoms with E-state index in [2.05, 4.69) is 45.3 Å². The summed E-state index contributed by atoms with van der Waals surface area (Å²) in [4.78, 5) is 17.1. The Bertz CT molecular complexity index is 856. The standard InChI is InChI=1S/C21H25N5S/c1-16-13-23-21(27-16)25-20-6-2-5-19(24-20)12-17-7-10-26(11-8-17)15-18-4-3-9-22-14-18/h2-6,9,13-14,17H,7-8,10-12,15H2,1H3,(H,23,24,25). The zero-order valence-electron chi connectivity index (χ0n) is 15.6. The molecule has 6 heteroatoms. The smallest absolute Gasteiger partial charge is 0.188 e. The number of rotatable bonds is 6. The molecule has 27 heavy (non-hydrogen) atoms. The maximum atomic E-state index is 4.79. The van der Waals surface area contributed by atoms with E-state index >= 15 is 0 Å². The average Bonchev–Trinajstić information content (AvgIpc) is 3.09. The van der Waals surface area contributed by atoms with Crippen molar-refractivity contribution in [3.05, 3.63) is 65.1 Å². The highest BCUT2D eigenvalue weighted by Crippen LogP contribution is 2.24. The van der Waals surface area contributed by atoms with Crippen LogP contribution in [0.3, 0.4) is 0 Å². The number of aromatic nitrogens is 3. The van der Waals surface area contributed by atoms with E-state index in [0.29, 0.717) is 5.92 Å². The van der Waals surface area contributed by atoms with Crippen LogP contribution in [0.2, 0.25) is 0 Å². The Morgan fingerprint density at radius 1 is 1.15 bits per heavy atom. The van der Waals surface area contributed by atoms with Gasteiger partial charge in [-0.1, -0.05) is 12.1 Å². The van der Waals surface area contributed by atoms with Crippen molar-refractivity contribution in [2.45, 2.75) is 32.7 Å². The Morgan fingerprint density at radius 3 is 2.78 bits per heavy atom. The summed E-state index contributed by atoms with van der Waals surface area (Å²) in [6, 6.07) is 10.4. The fraction of sp³-hybridized carbons (Fsp3) is 0.381. The van der Waals surface area contributed by atoms with E-state index in [0.717, 1.165) is 37.0 Å². The maximum Gasteiger partial charge on any atom is 0.188 e. The van der Waals surface area contributed by atoms with Crippen LogP contribution >= 0.6 is 11.3 Å². The number of anilines is 2. The Labute approximate surface area is 164 Å². The highest BCUT2D eigenvalue weighted by Gasteiger charge is 2.20. The van der Waals surface area contributed by atoms with Crippen LogP contribution in [-0.4, -0.2) is 32.9 Å². The number of likely N-dealkylation sites (tertiary alicyclic amines) is 1. The first kappa shape index (κ1) is 18.1. The number of aryl methyl sites for hydroxylation is 1. The lowest BCUT2D eigenvalue weighted by Gasteiger charge is -2.31. The lowest BCUT2D eigenvalue weighted by atomic mass is 9.92. The number of pyridine rings is 2. The molecule has 1 aliphatic heterocycles. The second-order valence-corrected chi connectivity index (χ2v) is 8.43. The van der Waals surface area contributed by atoms with E-state index in [-0.39, 0.29) is 0 Å². The first-order valence-corrected chi connectivity index (χ1v) is 10.3. The molecule has 4 rings (SSSR count). The number of hydrogen-bond donors (Lipinski definition) is 1. The molecule has 3 aromatic heterocycles. The number of nitrogens with one attached hydrogen (secondary N) is 1. The molecule has 0 bridgehead atoms. The summed E-state index contributed by atoms with van der Waals surface area (Å²) in [5, 5.41) is 4.22. The number of thiazole rings is 1. The third-order valence-electron chi connectivity index (χ3n) is 5.00. The quantitative estimate of drug-likeness (QED) is 0.686. The highest BCUT2D eigenvalue weighted by atomic mass is 32.1. The molecular formula is C21H25N5S. The molecule has 1 aliphatic rings. The van der Waals surface area contributed by atoms with Crippen molar-refractivity contribution in [1.29, 1.82) is 0 Å². The van der Waals surface area contributed by atoms with Crippen molar-refractivity contribution in [3.8, 4) is 0 Å². The van der Waals surface area contributed by atoms with Gasteiger partial charge in [0.15, 0.2) is 5.13 Å². The summed E-state index contributed by atoms with van der Waals surface area (Å²) in [6.45, 7) is 5.37. The SMILES string of the molecule is Cc1cnc(Nc2cccc(CC3CCN(Cc4cccnc4)CC3)n2)s1. The molecule has 0 atom stereocenters. The van der Waals surface area contributed by atoms with Crippen LogP contribution in [0, 0.1) is 12.8 Å². The van der Waals surface area contributed by atoms with Crippen LogP contribution in [0.25, 0.3) is 0 Å². The Morgan fingerprint density at radius 2 is 2.04 bits per heavy atom. The van der Waals surface area contributed by atoms with Gasteiger partial charge in [0.05, 0.1) is 0 Å². The third-order valence-corrected chi connectivity index (χ3v) is 5.83. The molecule has 140 valence electrons. The third kappa shape index (κ3) is 5.11. The van der Waals surface area contributed by atoms with Gasteiger partial charge in [-0.3, -0.25) is 9.88 Å². The van der Waals surface area contributed by atoms with Gasteiger partial charge in [0.1, 0.15) is 5.82 Å². The molecule has 0 amide bonds. The Kier molecular flexibility index (Phi) is 5.75. The van der Waals surface area contributed by atoms with Crippen LogP contribution in [0.1, 0.15) is 29.0 Å². The molecular weight excluding hydrogens is 354 g/mol. The van der Waals surface area contributed by atoms with Gasteiger partial charge in [-0.25, -0.2) is 9.97 Å². The van der Waals surface area contributed by atoms with Crippen LogP contribution in [-0.2, 0) is 13.0 Å². The minimum absolute atomic E-state index is 0.708. The Hall–Kier alpha value is -2.31. The molecule has 0 radical (unpaired) electrons. The topological polar surface area (TPSA) is 53.9 Å². The van der Waals surface area contributed by atoms with Gasteiger partial charge in [-0.2, -0.15) is 0 Å². The van der Waals surface area contributed by atoms with Gasteiger partial charge in [0, 0.05) is 35.7 Å². The zero-order valence-corrected chi connectivity index (χ0v) is 16.5. The van der Waals surface area contributed by atoms with E-state index in [1.807, 2.05) is 30.7 Å². The molecule has 1 fully saturated rings. The van der Waals surface area contributed by atoms with Gasteiger partial charge in [-0.05, 0) is 69.0 Å². The van der Waals surface area contributed by atoms with Crippen LogP contribution in [0.4, 0.5) is 10.9 Å². The average molecular weight is 380 g/mol. The predicted molar refractivity (Wildman–Crippen MR) is 110 cm³/mol. The normalized spacial score (nSPS) is 15.7. The van der Waals surface area contributed by atoms with Gasteiger partial charge in [-0.15, -0.1) is 11.3 Å². The summed E-state index contributed by atoms with van der Waals surface area (Å²) in [5.41, 5.74) is 2.47. The van der Waals surface area contributed by atoms with Gasteiger partial charge in [0.25, 0.3) is 0 Å².